The summed E-state index contributed by atoms with van der Waals surface area (Å²) in [6.45, 7) is 0.277. The Bertz CT molecular complexity index is 411. The molecule has 2 aromatic heterocycles. The normalized spacial score (nSPS) is 10.6. The van der Waals surface area contributed by atoms with Gasteiger partial charge in [0.25, 0.3) is 0 Å². The molecule has 0 bridgehead atoms. The molecule has 6 heteroatoms. The van der Waals surface area contributed by atoms with Gasteiger partial charge in [-0.05, 0) is 22.0 Å². The van der Waals surface area contributed by atoms with Gasteiger partial charge in [-0.15, -0.1) is 11.3 Å². The predicted molar refractivity (Wildman–Crippen MR) is 53.2 cm³/mol. The summed E-state index contributed by atoms with van der Waals surface area (Å²) in [5, 5.41) is 5.76. The van der Waals surface area contributed by atoms with E-state index in [0.29, 0.717) is 11.7 Å². The second kappa shape index (κ2) is 3.57. The van der Waals surface area contributed by atoms with E-state index in [0.717, 1.165) is 9.35 Å². The maximum atomic E-state index is 5.34. The highest BCUT2D eigenvalue weighted by molar-refractivity contribution is 9.10. The fraction of sp³-hybridized carbons (Fsp3) is 0.143. The number of aromatic nitrogens is 2. The molecule has 0 aliphatic heterocycles. The van der Waals surface area contributed by atoms with Crippen LogP contribution in [0, 0.1) is 0 Å². The molecule has 4 nitrogen and oxygen atoms in total. The van der Waals surface area contributed by atoms with E-state index in [1.807, 2.05) is 11.4 Å². The molecular formula is C7H6BrN3OS. The summed E-state index contributed by atoms with van der Waals surface area (Å²) in [7, 11) is 0. The minimum Gasteiger partial charge on any atom is -0.338 e. The molecule has 2 aromatic rings. The third-order valence-electron chi connectivity index (χ3n) is 1.43. The molecule has 0 aromatic carbocycles. The zero-order valence-electron chi connectivity index (χ0n) is 6.53. The fourth-order valence-corrected chi connectivity index (χ4v) is 2.22. The van der Waals surface area contributed by atoms with Crippen LogP contribution in [0.2, 0.25) is 0 Å². The molecule has 0 saturated heterocycles. The summed E-state index contributed by atoms with van der Waals surface area (Å²) in [6, 6.07) is 1.94. The lowest BCUT2D eigenvalue weighted by Gasteiger charge is -1.82. The third kappa shape index (κ3) is 1.79. The molecule has 0 atom stereocenters. The van der Waals surface area contributed by atoms with Crippen molar-refractivity contribution in [1.29, 1.82) is 0 Å². The van der Waals surface area contributed by atoms with Crippen LogP contribution < -0.4 is 5.73 Å². The minimum absolute atomic E-state index is 0.277. The van der Waals surface area contributed by atoms with Gasteiger partial charge in [-0.1, -0.05) is 5.16 Å². The number of hydrogen-bond donors (Lipinski definition) is 1. The Morgan fingerprint density at radius 3 is 3.00 bits per heavy atom. The number of nitrogens with zero attached hydrogens (tertiary/aromatic N) is 2. The Labute approximate surface area is 86.9 Å². The zero-order chi connectivity index (χ0) is 9.26. The minimum atomic E-state index is 0.277. The smallest absolute Gasteiger partial charge is 0.240 e. The Morgan fingerprint density at radius 2 is 2.46 bits per heavy atom. The van der Waals surface area contributed by atoms with Crippen LogP contribution in [0.5, 0.6) is 0 Å². The second-order valence-electron chi connectivity index (χ2n) is 2.35. The maximum absolute atomic E-state index is 5.34. The van der Waals surface area contributed by atoms with Crippen LogP contribution in [0.4, 0.5) is 0 Å². The molecule has 2 rings (SSSR count). The van der Waals surface area contributed by atoms with E-state index < -0.39 is 0 Å². The fourth-order valence-electron chi connectivity index (χ4n) is 0.868. The first kappa shape index (κ1) is 8.86. The van der Waals surface area contributed by atoms with Crippen molar-refractivity contribution >= 4 is 27.3 Å². The molecule has 0 spiro atoms. The lowest BCUT2D eigenvalue weighted by atomic mass is 10.4. The largest absolute Gasteiger partial charge is 0.338 e. The number of rotatable bonds is 2. The number of hydrogen-bond acceptors (Lipinski definition) is 5. The molecule has 13 heavy (non-hydrogen) atoms. The van der Waals surface area contributed by atoms with Crippen molar-refractivity contribution in [3.63, 3.8) is 0 Å². The van der Waals surface area contributed by atoms with Gasteiger partial charge in [0.15, 0.2) is 0 Å². The van der Waals surface area contributed by atoms with Crippen molar-refractivity contribution < 1.29 is 4.52 Å². The molecular weight excluding hydrogens is 254 g/mol. The van der Waals surface area contributed by atoms with E-state index in [1.54, 1.807) is 11.3 Å². The molecule has 0 radical (unpaired) electrons. The Hall–Kier alpha value is -0.720. The summed E-state index contributed by atoms with van der Waals surface area (Å²) in [5.74, 6) is 1.05. The summed E-state index contributed by atoms with van der Waals surface area (Å²) < 4.78 is 5.90. The van der Waals surface area contributed by atoms with E-state index in [1.165, 1.54) is 0 Å². The van der Waals surface area contributed by atoms with Crippen molar-refractivity contribution in [2.24, 2.45) is 5.73 Å². The van der Waals surface area contributed by atoms with Crippen LogP contribution in [0.25, 0.3) is 10.7 Å². The van der Waals surface area contributed by atoms with Crippen molar-refractivity contribution in [2.75, 3.05) is 0 Å². The van der Waals surface area contributed by atoms with Gasteiger partial charge in [-0.2, -0.15) is 4.98 Å². The SMILES string of the molecule is NCc1nc(-c2cc(Br)cs2)no1. The molecule has 0 amide bonds. The molecule has 68 valence electrons. The number of nitrogens with two attached hydrogens (primary N) is 1. The second-order valence-corrected chi connectivity index (χ2v) is 4.17. The number of thiophene rings is 1. The van der Waals surface area contributed by atoms with Crippen molar-refractivity contribution in [1.82, 2.24) is 10.1 Å². The highest BCUT2D eigenvalue weighted by Crippen LogP contribution is 2.27. The van der Waals surface area contributed by atoms with Gasteiger partial charge in [0.2, 0.25) is 11.7 Å². The van der Waals surface area contributed by atoms with Gasteiger partial charge in [0.1, 0.15) is 0 Å². The maximum Gasteiger partial charge on any atom is 0.240 e. The molecule has 0 aliphatic carbocycles. The van der Waals surface area contributed by atoms with Gasteiger partial charge in [0.05, 0.1) is 11.4 Å². The molecule has 0 saturated carbocycles. The summed E-state index contributed by atoms with van der Waals surface area (Å²) in [6.07, 6.45) is 0. The molecule has 0 aliphatic rings. The first-order chi connectivity index (χ1) is 6.29. The first-order valence-electron chi connectivity index (χ1n) is 3.56. The molecule has 0 fully saturated rings. The van der Waals surface area contributed by atoms with Crippen molar-refractivity contribution in [3.8, 4) is 10.7 Å². The summed E-state index contributed by atoms with van der Waals surface area (Å²) in [5.41, 5.74) is 5.34. The predicted octanol–water partition coefficient (Wildman–Crippen LogP) is 2.02. The standard InChI is InChI=1S/C7H6BrN3OS/c8-4-1-5(13-3-4)7-10-6(2-9)12-11-7/h1,3H,2,9H2. The highest BCUT2D eigenvalue weighted by Gasteiger charge is 2.08. The van der Waals surface area contributed by atoms with E-state index in [-0.39, 0.29) is 6.54 Å². The van der Waals surface area contributed by atoms with Gasteiger partial charge in [-0.25, -0.2) is 0 Å². The molecule has 2 N–H and O–H groups in total. The first-order valence-corrected chi connectivity index (χ1v) is 5.24. The highest BCUT2D eigenvalue weighted by atomic mass is 79.9. The van der Waals surface area contributed by atoms with E-state index in [2.05, 4.69) is 26.1 Å². The monoisotopic (exact) mass is 259 g/mol. The Kier molecular flexibility index (Phi) is 2.43. The van der Waals surface area contributed by atoms with Crippen LogP contribution in [0.15, 0.2) is 20.4 Å². The lowest BCUT2D eigenvalue weighted by Crippen LogP contribution is -1.95. The van der Waals surface area contributed by atoms with Crippen molar-refractivity contribution in [3.05, 3.63) is 21.8 Å². The topological polar surface area (TPSA) is 64.9 Å². The summed E-state index contributed by atoms with van der Waals surface area (Å²) in [4.78, 5) is 5.07. The Morgan fingerprint density at radius 1 is 1.62 bits per heavy atom. The van der Waals surface area contributed by atoms with Crippen LogP contribution in [-0.2, 0) is 6.54 Å². The van der Waals surface area contributed by atoms with E-state index in [4.69, 9.17) is 10.3 Å². The third-order valence-corrected chi connectivity index (χ3v) is 3.12. The zero-order valence-corrected chi connectivity index (χ0v) is 8.93. The average Bonchev–Trinajstić information content (AvgIpc) is 2.71. The molecule has 2 heterocycles. The Balaban J connectivity index is 2.35. The number of halogens is 1. The van der Waals surface area contributed by atoms with Gasteiger partial charge >= 0.3 is 0 Å². The van der Waals surface area contributed by atoms with Gasteiger partial charge in [-0.3, -0.25) is 0 Å². The van der Waals surface area contributed by atoms with Crippen LogP contribution in [0.1, 0.15) is 5.89 Å². The quantitative estimate of drug-likeness (QED) is 0.897. The lowest BCUT2D eigenvalue weighted by molar-refractivity contribution is 0.380. The molecule has 0 unspecified atom stereocenters. The average molecular weight is 260 g/mol. The van der Waals surface area contributed by atoms with E-state index >= 15 is 0 Å². The van der Waals surface area contributed by atoms with Crippen molar-refractivity contribution in [2.45, 2.75) is 6.54 Å². The van der Waals surface area contributed by atoms with E-state index in [9.17, 15) is 0 Å². The van der Waals surface area contributed by atoms with Crippen LogP contribution >= 0.6 is 27.3 Å². The van der Waals surface area contributed by atoms with Gasteiger partial charge < -0.3 is 10.3 Å². The van der Waals surface area contributed by atoms with Gasteiger partial charge in [0, 0.05) is 9.85 Å². The van der Waals surface area contributed by atoms with Crippen LogP contribution in [0.3, 0.4) is 0 Å². The summed E-state index contributed by atoms with van der Waals surface area (Å²) >= 11 is 4.91. The van der Waals surface area contributed by atoms with Crippen LogP contribution in [-0.4, -0.2) is 10.1 Å².